The Morgan fingerprint density at radius 2 is 2.16 bits per heavy atom. The van der Waals surface area contributed by atoms with Crippen LogP contribution in [0.3, 0.4) is 0 Å². The minimum Gasteiger partial charge on any atom is -0.507 e. The Labute approximate surface area is 180 Å². The van der Waals surface area contributed by atoms with Gasteiger partial charge in [0.15, 0.2) is 5.84 Å². The van der Waals surface area contributed by atoms with Crippen molar-refractivity contribution < 1.29 is 23.1 Å². The van der Waals surface area contributed by atoms with E-state index in [-0.39, 0.29) is 23.4 Å². The van der Waals surface area contributed by atoms with Crippen molar-refractivity contribution in [2.75, 3.05) is 24.4 Å². The number of rotatable bonds is 4. The van der Waals surface area contributed by atoms with Gasteiger partial charge in [-0.15, -0.1) is 4.40 Å². The zero-order valence-corrected chi connectivity index (χ0v) is 17.9. The molecule has 2 aromatic rings. The van der Waals surface area contributed by atoms with Crippen molar-refractivity contribution in [2.45, 2.75) is 19.8 Å². The number of carbonyl (C=O) groups is 1. The predicted molar refractivity (Wildman–Crippen MR) is 117 cm³/mol. The van der Waals surface area contributed by atoms with E-state index in [1.807, 2.05) is 6.92 Å². The van der Waals surface area contributed by atoms with Crippen LogP contribution in [0.2, 0.25) is 0 Å². The minimum absolute atomic E-state index is 0.0171. The van der Waals surface area contributed by atoms with Crippen LogP contribution in [0.1, 0.15) is 34.3 Å². The maximum Gasteiger partial charge on any atom is 0.344 e. The molecular weight excluding hydrogens is 420 g/mol. The molecule has 0 aromatic heterocycles. The van der Waals surface area contributed by atoms with E-state index in [2.05, 4.69) is 9.12 Å². The number of benzene rings is 2. The molecule has 0 radical (unpaired) electrons. The van der Waals surface area contributed by atoms with Gasteiger partial charge in [0.25, 0.3) is 5.91 Å². The van der Waals surface area contributed by atoms with Crippen molar-refractivity contribution in [1.29, 1.82) is 0 Å². The fourth-order valence-electron chi connectivity index (χ4n) is 3.92. The van der Waals surface area contributed by atoms with Crippen LogP contribution in [0.15, 0.2) is 40.8 Å². The van der Waals surface area contributed by atoms with Crippen molar-refractivity contribution in [3.05, 3.63) is 53.1 Å². The molecule has 2 aliphatic heterocycles. The van der Waals surface area contributed by atoms with Crippen LogP contribution in [0.25, 0.3) is 0 Å². The Hall–Kier alpha value is -3.27. The summed E-state index contributed by atoms with van der Waals surface area (Å²) in [6.07, 6.45) is 1.71. The van der Waals surface area contributed by atoms with Gasteiger partial charge in [0, 0.05) is 19.0 Å². The number of aromatic hydroxyl groups is 1. The van der Waals surface area contributed by atoms with Crippen molar-refractivity contribution in [1.82, 2.24) is 4.90 Å². The van der Waals surface area contributed by atoms with Crippen LogP contribution >= 0.6 is 0 Å². The van der Waals surface area contributed by atoms with Crippen LogP contribution in [0, 0.1) is 12.8 Å². The monoisotopic (exact) mass is 444 g/mol. The Kier molecular flexibility index (Phi) is 5.48. The molecule has 4 N–H and O–H groups in total. The van der Waals surface area contributed by atoms with Crippen molar-refractivity contribution >= 4 is 27.6 Å². The summed E-state index contributed by atoms with van der Waals surface area (Å²) in [4.78, 5) is 14.6. The van der Waals surface area contributed by atoms with Crippen molar-refractivity contribution in [3.63, 3.8) is 0 Å². The Morgan fingerprint density at radius 3 is 2.94 bits per heavy atom. The zero-order valence-electron chi connectivity index (χ0n) is 17.0. The van der Waals surface area contributed by atoms with Gasteiger partial charge in [-0.05, 0) is 49.6 Å². The molecule has 2 aromatic carbocycles. The molecule has 4 rings (SSSR count). The van der Waals surface area contributed by atoms with Crippen LogP contribution < -0.4 is 15.2 Å². The number of carbonyl (C=O) groups excluding carboxylic acids is 1. The third kappa shape index (κ3) is 4.43. The summed E-state index contributed by atoms with van der Waals surface area (Å²) in [6.45, 7) is 3.30. The van der Waals surface area contributed by atoms with E-state index in [9.17, 15) is 18.3 Å². The van der Waals surface area contributed by atoms with Crippen LogP contribution in [-0.2, 0) is 10.2 Å². The van der Waals surface area contributed by atoms with Crippen molar-refractivity contribution in [2.24, 2.45) is 16.0 Å². The van der Waals surface area contributed by atoms with E-state index in [0.29, 0.717) is 42.3 Å². The van der Waals surface area contributed by atoms with Gasteiger partial charge < -0.3 is 20.5 Å². The molecule has 2 aliphatic rings. The number of hydrogen-bond acceptors (Lipinski definition) is 6. The summed E-state index contributed by atoms with van der Waals surface area (Å²) in [7, 11) is -3.85. The average molecular weight is 445 g/mol. The fraction of sp³-hybridized carbons (Fsp3) is 0.333. The summed E-state index contributed by atoms with van der Waals surface area (Å²) < 4.78 is 35.3. The molecule has 0 bridgehead atoms. The lowest BCUT2D eigenvalue weighted by Crippen LogP contribution is -2.41. The third-order valence-electron chi connectivity index (χ3n) is 5.40. The molecule has 1 saturated heterocycles. The number of phenols is 1. The first-order chi connectivity index (χ1) is 14.7. The molecule has 1 amide bonds. The van der Waals surface area contributed by atoms with Gasteiger partial charge in [-0.25, -0.2) is 0 Å². The molecule has 0 spiro atoms. The minimum atomic E-state index is -3.85. The summed E-state index contributed by atoms with van der Waals surface area (Å²) in [5.41, 5.74) is 7.76. The number of nitrogens with zero attached hydrogens (tertiary/aromatic N) is 2. The fourth-order valence-corrected chi connectivity index (χ4v) is 4.77. The van der Waals surface area contributed by atoms with Gasteiger partial charge in [-0.2, -0.15) is 8.42 Å². The third-order valence-corrected chi connectivity index (χ3v) is 6.32. The number of amidine groups is 1. The lowest BCUT2D eigenvalue weighted by atomic mass is 9.98. The van der Waals surface area contributed by atoms with Crippen LogP contribution in [-0.4, -0.2) is 49.9 Å². The molecule has 31 heavy (non-hydrogen) atoms. The van der Waals surface area contributed by atoms with Crippen LogP contribution in [0.5, 0.6) is 11.5 Å². The van der Waals surface area contributed by atoms with Gasteiger partial charge in [0.05, 0.1) is 23.4 Å². The van der Waals surface area contributed by atoms with Gasteiger partial charge in [-0.1, -0.05) is 12.1 Å². The number of likely N-dealkylation sites (tertiary alicyclic amines) is 1. The Bertz CT molecular complexity index is 1160. The van der Waals surface area contributed by atoms with E-state index in [1.54, 1.807) is 41.3 Å². The molecule has 2 heterocycles. The molecule has 9 nitrogen and oxygen atoms in total. The highest BCUT2D eigenvalue weighted by atomic mass is 32.2. The summed E-state index contributed by atoms with van der Waals surface area (Å²) in [6, 6.07) is 10.00. The van der Waals surface area contributed by atoms with Gasteiger partial charge in [0.2, 0.25) is 0 Å². The average Bonchev–Trinajstić information content (AvgIpc) is 2.71. The molecule has 0 saturated carbocycles. The highest BCUT2D eigenvalue weighted by Gasteiger charge is 2.28. The quantitative estimate of drug-likeness (QED) is 0.660. The van der Waals surface area contributed by atoms with E-state index in [0.717, 1.165) is 18.4 Å². The van der Waals surface area contributed by atoms with Crippen LogP contribution in [0.4, 0.5) is 5.69 Å². The number of piperidine rings is 1. The van der Waals surface area contributed by atoms with E-state index in [1.165, 1.54) is 0 Å². The number of nitrogens with two attached hydrogens (primary N) is 1. The summed E-state index contributed by atoms with van der Waals surface area (Å²) in [5, 5.41) is 10.1. The first-order valence-corrected chi connectivity index (χ1v) is 11.4. The largest absolute Gasteiger partial charge is 0.507 e. The Balaban J connectivity index is 1.45. The smallest absolute Gasteiger partial charge is 0.344 e. The van der Waals surface area contributed by atoms with Gasteiger partial charge in [0.1, 0.15) is 11.5 Å². The molecule has 1 atom stereocenters. The highest BCUT2D eigenvalue weighted by molar-refractivity contribution is 7.91. The zero-order chi connectivity index (χ0) is 22.2. The molecule has 1 fully saturated rings. The number of nitrogens with one attached hydrogen (secondary N) is 1. The standard InChI is InChI=1S/C21H24N4O5S/c1-13-7-8-15(17(26)10-13)21(27)25-9-3-4-14(11-25)12-30-18-6-2-5-16-19(18)20(22)24-31(28,29)23-16/h2,5-8,10,14,23,26H,3-4,9,11-12H2,1H3,(H2,22,24)/t14-/m0/s1. The van der Waals surface area contributed by atoms with E-state index in [4.69, 9.17) is 10.5 Å². The number of fused-ring (bicyclic) bond motifs is 1. The second-order valence-corrected chi connectivity index (χ2v) is 9.16. The number of anilines is 1. The van der Waals surface area contributed by atoms with E-state index >= 15 is 0 Å². The predicted octanol–water partition coefficient (Wildman–Crippen LogP) is 2.01. The van der Waals surface area contributed by atoms with Crippen molar-refractivity contribution in [3.8, 4) is 11.5 Å². The highest BCUT2D eigenvalue weighted by Crippen LogP contribution is 2.31. The number of ether oxygens (including phenoxy) is 1. The number of hydrogen-bond donors (Lipinski definition) is 3. The van der Waals surface area contributed by atoms with E-state index < -0.39 is 10.2 Å². The second kappa shape index (κ2) is 8.10. The van der Waals surface area contributed by atoms with Gasteiger partial charge in [-0.3, -0.25) is 9.52 Å². The number of aryl methyl sites for hydroxylation is 1. The molecular formula is C21H24N4O5S. The number of phenolic OH excluding ortho intramolecular Hbond substituents is 1. The Morgan fingerprint density at radius 1 is 1.35 bits per heavy atom. The SMILES string of the molecule is Cc1ccc(C(=O)N2CCC[C@H](COc3cccc4c3C(N)=NS(=O)(=O)N4)C2)c(O)c1. The normalized spacial score (nSPS) is 19.7. The lowest BCUT2D eigenvalue weighted by molar-refractivity contribution is 0.0630. The summed E-state index contributed by atoms with van der Waals surface area (Å²) >= 11 is 0. The lowest BCUT2D eigenvalue weighted by Gasteiger charge is -2.33. The van der Waals surface area contributed by atoms with Gasteiger partial charge >= 0.3 is 10.2 Å². The maximum absolute atomic E-state index is 12.9. The first-order valence-electron chi connectivity index (χ1n) is 9.97. The molecule has 0 aliphatic carbocycles. The molecule has 10 heteroatoms. The molecule has 0 unspecified atom stereocenters. The number of amides is 1. The summed E-state index contributed by atoms with van der Waals surface area (Å²) in [5.74, 6) is 0.168. The maximum atomic E-state index is 12.9. The topological polar surface area (TPSA) is 134 Å². The first kappa shape index (κ1) is 21.0. The molecule has 164 valence electrons. The second-order valence-electron chi connectivity index (χ2n) is 7.82.